The van der Waals surface area contributed by atoms with Crippen molar-refractivity contribution in [3.63, 3.8) is 0 Å². The molecule has 2 aromatic rings. The van der Waals surface area contributed by atoms with E-state index in [4.69, 9.17) is 16.3 Å². The second-order valence-electron chi connectivity index (χ2n) is 3.97. The van der Waals surface area contributed by atoms with Crippen molar-refractivity contribution in [2.24, 2.45) is 0 Å². The second-order valence-corrected chi connectivity index (χ2v) is 4.35. The molecule has 2 rings (SSSR count). The molecule has 0 aliphatic rings. The van der Waals surface area contributed by atoms with Crippen molar-refractivity contribution in [3.8, 4) is 11.6 Å². The molecule has 1 aromatic heterocycles. The fourth-order valence-corrected chi connectivity index (χ4v) is 1.74. The highest BCUT2D eigenvalue weighted by Gasteiger charge is 2.12. The van der Waals surface area contributed by atoms with E-state index in [9.17, 15) is 8.78 Å². The smallest absolute Gasteiger partial charge is 0.388 e. The van der Waals surface area contributed by atoms with E-state index in [0.717, 1.165) is 11.3 Å². The number of hydrogen-bond acceptors (Lipinski definition) is 5. The first kappa shape index (κ1) is 15.2. The Hall–Kier alpha value is -2.15. The predicted molar refractivity (Wildman–Crippen MR) is 74.0 cm³/mol. The molecule has 8 heteroatoms. The lowest BCUT2D eigenvalue weighted by Crippen LogP contribution is -2.09. The van der Waals surface area contributed by atoms with E-state index in [0.29, 0.717) is 6.54 Å². The van der Waals surface area contributed by atoms with Crippen molar-refractivity contribution < 1.29 is 18.3 Å². The Kier molecular flexibility index (Phi) is 5.10. The van der Waals surface area contributed by atoms with Crippen LogP contribution in [0, 0.1) is 0 Å². The number of benzene rings is 1. The maximum Gasteiger partial charge on any atom is 0.388 e. The summed E-state index contributed by atoms with van der Waals surface area (Å²) in [6.45, 7) is -2.60. The molecule has 112 valence electrons. The molecule has 0 saturated heterocycles. The molecule has 5 nitrogen and oxygen atoms in total. The van der Waals surface area contributed by atoms with Crippen molar-refractivity contribution in [2.45, 2.75) is 13.2 Å². The van der Waals surface area contributed by atoms with Gasteiger partial charge in [0.25, 0.3) is 5.88 Å². The van der Waals surface area contributed by atoms with E-state index in [1.807, 2.05) is 12.1 Å². The van der Waals surface area contributed by atoms with Crippen LogP contribution in [0.15, 0.2) is 30.3 Å². The van der Waals surface area contributed by atoms with Gasteiger partial charge in [-0.3, -0.25) is 0 Å². The van der Waals surface area contributed by atoms with E-state index < -0.39 is 6.61 Å². The number of ether oxygens (including phenoxy) is 2. The van der Waals surface area contributed by atoms with Gasteiger partial charge in [0.15, 0.2) is 5.15 Å². The predicted octanol–water partition coefficient (Wildman–Crippen LogP) is 3.35. The van der Waals surface area contributed by atoms with Crippen molar-refractivity contribution in [2.75, 3.05) is 12.4 Å². The van der Waals surface area contributed by atoms with Crippen molar-refractivity contribution in [1.82, 2.24) is 10.2 Å². The molecule has 1 aromatic carbocycles. The Morgan fingerprint density at radius 3 is 2.57 bits per heavy atom. The van der Waals surface area contributed by atoms with Crippen LogP contribution in [0.3, 0.4) is 0 Å². The lowest BCUT2D eigenvalue weighted by molar-refractivity contribution is -0.0529. The maximum atomic E-state index is 12.3. The largest absolute Gasteiger partial charge is 0.497 e. The fourth-order valence-electron chi connectivity index (χ4n) is 1.60. The summed E-state index contributed by atoms with van der Waals surface area (Å²) >= 11 is 5.70. The third-order valence-electron chi connectivity index (χ3n) is 2.57. The highest BCUT2D eigenvalue weighted by atomic mass is 35.5. The van der Waals surface area contributed by atoms with Crippen LogP contribution in [0.5, 0.6) is 11.6 Å². The van der Waals surface area contributed by atoms with Gasteiger partial charge in [-0.15, -0.1) is 10.2 Å². The Morgan fingerprint density at radius 2 is 1.95 bits per heavy atom. The van der Waals surface area contributed by atoms with Gasteiger partial charge in [0, 0.05) is 12.6 Å². The average Bonchev–Trinajstić information content (AvgIpc) is 2.47. The Morgan fingerprint density at radius 1 is 1.24 bits per heavy atom. The topological polar surface area (TPSA) is 56.3 Å². The van der Waals surface area contributed by atoms with Gasteiger partial charge < -0.3 is 14.8 Å². The van der Waals surface area contributed by atoms with Crippen molar-refractivity contribution in [1.29, 1.82) is 0 Å². The van der Waals surface area contributed by atoms with Gasteiger partial charge in [0.2, 0.25) is 0 Å². The number of halogens is 3. The summed E-state index contributed by atoms with van der Waals surface area (Å²) < 4.78 is 33.9. The van der Waals surface area contributed by atoms with Crippen LogP contribution in [0.1, 0.15) is 5.56 Å². The van der Waals surface area contributed by atoms with E-state index in [2.05, 4.69) is 20.3 Å². The van der Waals surface area contributed by atoms with E-state index in [-0.39, 0.29) is 16.7 Å². The summed E-state index contributed by atoms with van der Waals surface area (Å²) in [7, 11) is 1.58. The van der Waals surface area contributed by atoms with Gasteiger partial charge in [-0.25, -0.2) is 0 Å². The van der Waals surface area contributed by atoms with Crippen LogP contribution >= 0.6 is 11.6 Å². The van der Waals surface area contributed by atoms with Gasteiger partial charge in [-0.05, 0) is 17.7 Å². The van der Waals surface area contributed by atoms with Gasteiger partial charge >= 0.3 is 6.61 Å². The molecule has 21 heavy (non-hydrogen) atoms. The van der Waals surface area contributed by atoms with Gasteiger partial charge in [-0.1, -0.05) is 23.7 Å². The van der Waals surface area contributed by atoms with Crippen LogP contribution in [-0.2, 0) is 6.54 Å². The minimum atomic E-state index is -2.98. The summed E-state index contributed by atoms with van der Waals surface area (Å²) in [5.41, 5.74) is 1.16. The normalized spacial score (nSPS) is 10.5. The molecule has 0 unspecified atom stereocenters. The molecule has 0 bridgehead atoms. The molecule has 0 radical (unpaired) electrons. The number of nitrogens with one attached hydrogen (secondary N) is 1. The minimum Gasteiger partial charge on any atom is -0.497 e. The molecule has 0 fully saturated rings. The molecule has 0 saturated carbocycles. The number of rotatable bonds is 6. The summed E-state index contributed by atoms with van der Waals surface area (Å²) in [6.07, 6.45) is 0. The third kappa shape index (κ3) is 4.42. The monoisotopic (exact) mass is 315 g/mol. The Balaban J connectivity index is 2.08. The quantitative estimate of drug-likeness (QED) is 0.886. The SMILES string of the molecule is COc1ccc(CNc2cc(Cl)nnc2OC(F)F)cc1. The van der Waals surface area contributed by atoms with Gasteiger partial charge in [-0.2, -0.15) is 8.78 Å². The second kappa shape index (κ2) is 7.03. The zero-order valence-electron chi connectivity index (χ0n) is 11.0. The zero-order chi connectivity index (χ0) is 15.2. The Labute approximate surface area is 124 Å². The minimum absolute atomic E-state index is 0.0776. The lowest BCUT2D eigenvalue weighted by atomic mass is 10.2. The van der Waals surface area contributed by atoms with Crippen LogP contribution in [0.25, 0.3) is 0 Å². The number of alkyl halides is 2. The van der Waals surface area contributed by atoms with Crippen molar-refractivity contribution >= 4 is 17.3 Å². The zero-order valence-corrected chi connectivity index (χ0v) is 11.8. The molecule has 1 N–H and O–H groups in total. The first-order valence-corrected chi connectivity index (χ1v) is 6.31. The third-order valence-corrected chi connectivity index (χ3v) is 2.76. The molecule has 0 atom stereocenters. The average molecular weight is 316 g/mol. The first-order valence-electron chi connectivity index (χ1n) is 5.93. The molecular weight excluding hydrogens is 304 g/mol. The number of methoxy groups -OCH3 is 1. The molecule has 0 spiro atoms. The van der Waals surface area contributed by atoms with E-state index >= 15 is 0 Å². The fraction of sp³-hybridized carbons (Fsp3) is 0.231. The summed E-state index contributed by atoms with van der Waals surface area (Å²) in [4.78, 5) is 0. The first-order chi connectivity index (χ1) is 10.1. The van der Waals surface area contributed by atoms with Crippen LogP contribution in [0.2, 0.25) is 5.15 Å². The number of anilines is 1. The van der Waals surface area contributed by atoms with Crippen LogP contribution < -0.4 is 14.8 Å². The standard InChI is InChI=1S/C13H12ClF2N3O2/c1-20-9-4-2-8(3-5-9)7-17-10-6-11(14)18-19-12(10)21-13(15)16/h2-6,13H,7H2,1H3,(H,17,18). The number of hydrogen-bond donors (Lipinski definition) is 1. The molecule has 0 aliphatic carbocycles. The number of nitrogens with zero attached hydrogens (tertiary/aromatic N) is 2. The number of aromatic nitrogens is 2. The van der Waals surface area contributed by atoms with E-state index in [1.54, 1.807) is 19.2 Å². The van der Waals surface area contributed by atoms with Gasteiger partial charge in [0.05, 0.1) is 7.11 Å². The van der Waals surface area contributed by atoms with Crippen molar-refractivity contribution in [3.05, 3.63) is 41.0 Å². The lowest BCUT2D eigenvalue weighted by Gasteiger charge is -2.11. The summed E-state index contributed by atoms with van der Waals surface area (Å²) in [5.74, 6) is 0.428. The highest BCUT2D eigenvalue weighted by molar-refractivity contribution is 6.29. The molecule has 0 aliphatic heterocycles. The maximum absolute atomic E-state index is 12.3. The molecule has 1 heterocycles. The highest BCUT2D eigenvalue weighted by Crippen LogP contribution is 2.25. The van der Waals surface area contributed by atoms with Crippen LogP contribution in [0.4, 0.5) is 14.5 Å². The molecule has 0 amide bonds. The van der Waals surface area contributed by atoms with Crippen LogP contribution in [-0.4, -0.2) is 23.9 Å². The summed E-state index contributed by atoms with van der Waals surface area (Å²) in [5, 5.41) is 9.97. The Bertz CT molecular complexity index is 596. The van der Waals surface area contributed by atoms with E-state index in [1.165, 1.54) is 6.07 Å². The molecular formula is C13H12ClF2N3O2. The summed E-state index contributed by atoms with van der Waals surface area (Å²) in [6, 6.07) is 8.65. The van der Waals surface area contributed by atoms with Gasteiger partial charge in [0.1, 0.15) is 11.4 Å².